The summed E-state index contributed by atoms with van der Waals surface area (Å²) in [5.41, 5.74) is 10.1. The molecular weight excluding hydrogens is 1660 g/mol. The predicted molar refractivity (Wildman–Crippen MR) is 383 cm³/mol. The maximum Gasteiger partial charge on any atom is 0.173 e. The van der Waals surface area contributed by atoms with E-state index in [0.717, 1.165) is 70.7 Å². The van der Waals surface area contributed by atoms with Crippen LogP contribution in [0.2, 0.25) is 0 Å². The van der Waals surface area contributed by atoms with Gasteiger partial charge in [-0.3, -0.25) is 0 Å². The summed E-state index contributed by atoms with van der Waals surface area (Å²) in [6, 6.07) is 59.4. The van der Waals surface area contributed by atoms with Crippen LogP contribution in [0.3, 0.4) is 0 Å². The van der Waals surface area contributed by atoms with Gasteiger partial charge in [-0.15, -0.1) is 0 Å². The van der Waals surface area contributed by atoms with Gasteiger partial charge in [-0.1, -0.05) is 72.8 Å². The first kappa shape index (κ1) is 92.6. The minimum absolute atomic E-state index is 0.445. The SMILES string of the molecule is F[P-](F)(F)(F)(F)F.F[P-](F)(F)(F)(F)F.F[P-](F)(F)(F)(F)F.F[P-](F)(F)(F)(F)F.c1cc2c3ccc(cc3c1)OCCOCCOCCOCCOc1ccc3c(cccc3c1)OCCOCCOCCOCCO2.c1cc2ccc1C[n+]1ccc(cc1)-c1cc[n+](cc1)Cc1ccc(cc1)C[n+]1ccc(cc1)-c1cc[n+](cc1)C2. The van der Waals surface area contributed by atoms with Crippen molar-refractivity contribution in [2.24, 2.45) is 0 Å². The smallest absolute Gasteiger partial charge is 0.173 e. The Kier molecular flexibility index (Phi) is 28.8. The maximum absolute atomic E-state index is 10.7. The number of benzene rings is 6. The molecule has 24 heterocycles. The molecule has 0 spiro atoms. The number of hydrogen-bond donors (Lipinski definition) is 0. The fourth-order valence-corrected chi connectivity index (χ4v) is 10.2. The van der Waals surface area contributed by atoms with Crippen molar-refractivity contribution in [1.29, 1.82) is 0 Å². The number of rotatable bonds is 0. The Labute approximate surface area is 635 Å². The third kappa shape index (κ3) is 46.1. The van der Waals surface area contributed by atoms with Gasteiger partial charge in [0.05, 0.1) is 79.3 Å². The van der Waals surface area contributed by atoms with Gasteiger partial charge >= 0.3 is 132 Å². The Morgan fingerprint density at radius 1 is 0.211 bits per heavy atom. The number of pyridine rings is 4. The first-order valence-electron chi connectivity index (χ1n) is 33.8. The average Bonchev–Trinajstić information content (AvgIpc) is 0.802. The van der Waals surface area contributed by atoms with E-state index in [2.05, 4.69) is 165 Å². The van der Waals surface area contributed by atoms with E-state index in [1.165, 1.54) is 44.5 Å². The normalized spacial score (nSPS) is 17.4. The summed E-state index contributed by atoms with van der Waals surface area (Å²) in [5.74, 6) is 3.19. The Hall–Kier alpha value is -8.56. The van der Waals surface area contributed by atoms with E-state index in [-0.39, 0.29) is 0 Å². The van der Waals surface area contributed by atoms with Gasteiger partial charge in [-0.25, -0.2) is 18.3 Å². The Morgan fingerprint density at radius 3 is 0.614 bits per heavy atom. The van der Waals surface area contributed by atoms with Crippen molar-refractivity contribution < 1.29 is 166 Å². The van der Waals surface area contributed by atoms with Crippen LogP contribution in [-0.4, -0.2) is 106 Å². The van der Waals surface area contributed by atoms with Crippen LogP contribution in [0.1, 0.15) is 22.3 Å². The van der Waals surface area contributed by atoms with Crippen LogP contribution in [-0.2, 0) is 54.6 Å². The average molecular weight is 1740 g/mol. The van der Waals surface area contributed by atoms with E-state index in [4.69, 9.17) is 47.4 Å². The predicted octanol–water partition coefficient (Wildman–Crippen LogP) is 23.5. The molecule has 20 aliphatic heterocycles. The molecule has 14 nitrogen and oxygen atoms in total. The molecule has 6 aromatic carbocycles. The van der Waals surface area contributed by atoms with Gasteiger partial charge < -0.3 is 47.4 Å². The van der Waals surface area contributed by atoms with Crippen LogP contribution in [0.25, 0.3) is 43.8 Å². The maximum atomic E-state index is 9.87. The van der Waals surface area contributed by atoms with Gasteiger partial charge in [-0.05, 0) is 81.6 Å². The fraction of sp³-hybridized carbons (Fsp3) is 0.278. The number of hydrogen-bond acceptors (Lipinski definition) is 10. The number of ether oxygens (including phenoxy) is 10. The first-order valence-corrected chi connectivity index (χ1v) is 41.9. The summed E-state index contributed by atoms with van der Waals surface area (Å²) in [5, 5.41) is 4.13. The zero-order chi connectivity index (χ0) is 83.8. The number of aromatic nitrogens is 4. The zero-order valence-electron chi connectivity index (χ0n) is 59.7. The summed E-state index contributed by atoms with van der Waals surface area (Å²) < 4.78 is 303. The molecule has 0 saturated heterocycles. The molecule has 30 rings (SSSR count). The zero-order valence-corrected chi connectivity index (χ0v) is 63.2. The second-order valence-corrected chi connectivity index (χ2v) is 32.5. The monoisotopic (exact) mass is 1740 g/mol. The summed E-state index contributed by atoms with van der Waals surface area (Å²) in [6.45, 7) is 11.0. The van der Waals surface area contributed by atoms with Crippen LogP contribution < -0.4 is 37.2 Å². The number of halogens is 24. The molecule has 0 unspecified atom stereocenters. The van der Waals surface area contributed by atoms with Crippen molar-refractivity contribution in [1.82, 2.24) is 0 Å². The second kappa shape index (κ2) is 35.5. The Morgan fingerprint density at radius 2 is 0.404 bits per heavy atom. The van der Waals surface area contributed by atoms with Crippen molar-refractivity contribution in [2.45, 2.75) is 26.2 Å². The molecule has 0 fully saturated rings. The quantitative estimate of drug-likeness (QED) is 0.0827. The van der Waals surface area contributed by atoms with Gasteiger partial charge in [0.2, 0.25) is 0 Å². The van der Waals surface area contributed by atoms with Crippen LogP contribution in [0.5, 0.6) is 23.0 Å². The van der Waals surface area contributed by atoms with Crippen molar-refractivity contribution in [3.63, 3.8) is 0 Å². The van der Waals surface area contributed by atoms with Gasteiger partial charge in [0.1, 0.15) is 49.4 Å². The standard InChI is InChI=1S/C36H32N4.C36H44O10.4F6P/c1-2-30-4-3-29(1)25-37-17-9-33(10-18-37)35-13-21-39(22-14-35)27-31-5-7-32(8-6-31)28-40-23-15-36(16-24-40)34-11-19-38(26-30)20-12-34;1-3-29-27-31-7-9-33(29)35(5-1)45-25-21-41-17-13-38-14-18-42-22-26-46-36-6-2-4-30-28-32(8-10-34(30)36)44-24-20-40-16-12-37-11-15-39-19-23-43-31;4*1-7(2,3,4,5)6/h1-24H,25-28H2;1-10,27-28H,11-26H2;;;;/q+4;;4*-1. The second-order valence-electron chi connectivity index (χ2n) is 24.8. The molecule has 20 aliphatic rings. The Balaban J connectivity index is 0.000000237. The Bertz CT molecular complexity index is 4190. The molecular formula is C72H76F24N4O10P4. The molecule has 20 bridgehead atoms. The van der Waals surface area contributed by atoms with Crippen LogP contribution in [0.4, 0.5) is 101 Å². The van der Waals surface area contributed by atoms with E-state index in [0.29, 0.717) is 106 Å². The van der Waals surface area contributed by atoms with Crippen molar-refractivity contribution in [3.8, 4) is 45.3 Å². The molecule has 0 aliphatic carbocycles. The molecule has 0 saturated carbocycles. The van der Waals surface area contributed by atoms with Gasteiger partial charge in [0, 0.05) is 81.6 Å². The molecule has 0 amide bonds. The van der Waals surface area contributed by atoms with Crippen LogP contribution in [0.15, 0.2) is 219 Å². The molecule has 0 N–H and O–H groups in total. The first-order chi connectivity index (χ1) is 52.4. The molecule has 4 aromatic heterocycles. The van der Waals surface area contributed by atoms with Gasteiger partial charge in [0.15, 0.2) is 75.8 Å². The van der Waals surface area contributed by atoms with Crippen LogP contribution in [0, 0.1) is 0 Å². The molecule has 42 heteroatoms. The third-order valence-corrected chi connectivity index (χ3v) is 14.8. The molecule has 0 atom stereocenters. The van der Waals surface area contributed by atoms with E-state index in [1.54, 1.807) is 0 Å². The molecule has 114 heavy (non-hydrogen) atoms. The summed E-state index contributed by atoms with van der Waals surface area (Å²) in [7, 11) is -42.6. The van der Waals surface area contributed by atoms with Crippen molar-refractivity contribution in [2.75, 3.05) is 106 Å². The molecule has 0 radical (unpaired) electrons. The summed E-state index contributed by atoms with van der Waals surface area (Å²) >= 11 is 0. The van der Waals surface area contributed by atoms with E-state index in [9.17, 15) is 101 Å². The topological polar surface area (TPSA) is 108 Å². The minimum atomic E-state index is -10.7. The van der Waals surface area contributed by atoms with Crippen molar-refractivity contribution in [3.05, 3.63) is 242 Å². The van der Waals surface area contributed by atoms with E-state index in [1.807, 2.05) is 72.8 Å². The fourth-order valence-electron chi connectivity index (χ4n) is 10.2. The van der Waals surface area contributed by atoms with Crippen molar-refractivity contribution >= 4 is 52.8 Å². The molecule has 10 aromatic rings. The van der Waals surface area contributed by atoms with E-state index >= 15 is 0 Å². The van der Waals surface area contributed by atoms with Gasteiger partial charge in [-0.2, -0.15) is 0 Å². The third-order valence-electron chi connectivity index (χ3n) is 14.8. The van der Waals surface area contributed by atoms with Gasteiger partial charge in [0.25, 0.3) is 0 Å². The largest absolute Gasteiger partial charge is 0.491 e. The summed E-state index contributed by atoms with van der Waals surface area (Å²) in [4.78, 5) is 0. The minimum Gasteiger partial charge on any atom is -0.491 e. The molecule has 632 valence electrons. The van der Waals surface area contributed by atoms with Crippen LogP contribution >= 0.6 is 31.2 Å². The number of nitrogens with zero attached hydrogens (tertiary/aromatic N) is 4. The van der Waals surface area contributed by atoms with E-state index < -0.39 is 31.2 Å². The summed E-state index contributed by atoms with van der Waals surface area (Å²) in [6.07, 6.45) is 17.4.